The van der Waals surface area contributed by atoms with Crippen LogP contribution in [-0.4, -0.2) is 36.7 Å². The Labute approximate surface area is 99.3 Å². The minimum atomic E-state index is 0.0189. The molecular formula is C10H15N7. The third-order valence-corrected chi connectivity index (χ3v) is 2.28. The molecule has 90 valence electrons. The van der Waals surface area contributed by atoms with Gasteiger partial charge in [-0.05, 0) is 17.8 Å². The minimum Gasteiger partial charge on any atom is -0.307 e. The number of nitrogens with zero attached hydrogens (tertiary/aromatic N) is 6. The molecule has 17 heavy (non-hydrogen) atoms. The first-order valence-corrected chi connectivity index (χ1v) is 5.52. The van der Waals surface area contributed by atoms with Crippen molar-refractivity contribution in [3.05, 3.63) is 30.1 Å². The fourth-order valence-corrected chi connectivity index (χ4v) is 1.58. The van der Waals surface area contributed by atoms with E-state index >= 15 is 0 Å². The van der Waals surface area contributed by atoms with E-state index in [0.717, 1.165) is 12.4 Å². The van der Waals surface area contributed by atoms with Crippen LogP contribution in [-0.2, 0) is 13.5 Å². The summed E-state index contributed by atoms with van der Waals surface area (Å²) in [5, 5.41) is 15.3. The summed E-state index contributed by atoms with van der Waals surface area (Å²) >= 11 is 0. The molecule has 0 saturated carbocycles. The van der Waals surface area contributed by atoms with E-state index in [-0.39, 0.29) is 6.04 Å². The predicted molar refractivity (Wildman–Crippen MR) is 61.0 cm³/mol. The summed E-state index contributed by atoms with van der Waals surface area (Å²) in [6, 6.07) is 1.82. The molecule has 0 aromatic carbocycles. The molecule has 0 amide bonds. The van der Waals surface area contributed by atoms with Crippen LogP contribution in [0.3, 0.4) is 0 Å². The van der Waals surface area contributed by atoms with Gasteiger partial charge >= 0.3 is 0 Å². The van der Waals surface area contributed by atoms with Crippen LogP contribution in [0.2, 0.25) is 0 Å². The summed E-state index contributed by atoms with van der Waals surface area (Å²) in [6.45, 7) is 2.88. The molecule has 2 aromatic rings. The largest absolute Gasteiger partial charge is 0.307 e. The molecule has 0 spiro atoms. The number of rotatable bonds is 5. The Kier molecular flexibility index (Phi) is 3.71. The van der Waals surface area contributed by atoms with Gasteiger partial charge in [0, 0.05) is 18.8 Å². The summed E-state index contributed by atoms with van der Waals surface area (Å²) in [6.07, 6.45) is 4.10. The number of aryl methyl sites for hydroxylation is 1. The van der Waals surface area contributed by atoms with Crippen molar-refractivity contribution in [2.75, 3.05) is 6.54 Å². The molecule has 7 heteroatoms. The number of aromatic nitrogens is 6. The second kappa shape index (κ2) is 5.44. The SMILES string of the molecule is CCNC(Cc1nnn(C)n1)c1ncccn1. The van der Waals surface area contributed by atoms with Gasteiger partial charge in [-0.15, -0.1) is 10.2 Å². The Hall–Kier alpha value is -1.89. The van der Waals surface area contributed by atoms with Crippen molar-refractivity contribution in [1.82, 2.24) is 35.5 Å². The molecule has 0 radical (unpaired) electrons. The molecule has 2 heterocycles. The monoisotopic (exact) mass is 233 g/mol. The standard InChI is InChI=1S/C10H15N7/c1-3-11-8(10-12-5-4-6-13-10)7-9-14-16-17(2)15-9/h4-6,8,11H,3,7H2,1-2H3. The first-order chi connectivity index (χ1) is 8.29. The smallest absolute Gasteiger partial charge is 0.176 e. The molecule has 7 nitrogen and oxygen atoms in total. The predicted octanol–water partition coefficient (Wildman–Crippen LogP) is -0.107. The molecule has 0 aliphatic carbocycles. The lowest BCUT2D eigenvalue weighted by molar-refractivity contribution is 0.508. The summed E-state index contributed by atoms with van der Waals surface area (Å²) in [5.41, 5.74) is 0. The molecule has 1 unspecified atom stereocenters. The zero-order valence-corrected chi connectivity index (χ0v) is 9.91. The zero-order chi connectivity index (χ0) is 12.1. The van der Waals surface area contributed by atoms with Gasteiger partial charge < -0.3 is 5.32 Å². The lowest BCUT2D eigenvalue weighted by atomic mass is 10.2. The van der Waals surface area contributed by atoms with Crippen LogP contribution in [0.15, 0.2) is 18.5 Å². The Morgan fingerprint density at radius 1 is 1.35 bits per heavy atom. The second-order valence-corrected chi connectivity index (χ2v) is 3.62. The highest BCUT2D eigenvalue weighted by molar-refractivity contribution is 4.99. The molecule has 2 rings (SSSR count). The van der Waals surface area contributed by atoms with Crippen LogP contribution in [0.1, 0.15) is 24.6 Å². The highest BCUT2D eigenvalue weighted by Crippen LogP contribution is 2.10. The van der Waals surface area contributed by atoms with Crippen molar-refractivity contribution in [2.24, 2.45) is 7.05 Å². The summed E-state index contributed by atoms with van der Waals surface area (Å²) in [7, 11) is 1.75. The fraction of sp³-hybridized carbons (Fsp3) is 0.500. The Bertz CT molecular complexity index is 453. The van der Waals surface area contributed by atoms with Gasteiger partial charge in [0.2, 0.25) is 0 Å². The topological polar surface area (TPSA) is 81.4 Å². The van der Waals surface area contributed by atoms with E-state index < -0.39 is 0 Å². The van der Waals surface area contributed by atoms with Crippen LogP contribution >= 0.6 is 0 Å². The maximum atomic E-state index is 4.24. The van der Waals surface area contributed by atoms with Crippen LogP contribution in [0.25, 0.3) is 0 Å². The van der Waals surface area contributed by atoms with Gasteiger partial charge in [0.05, 0.1) is 13.1 Å². The number of hydrogen-bond acceptors (Lipinski definition) is 6. The van der Waals surface area contributed by atoms with Crippen LogP contribution < -0.4 is 5.32 Å². The maximum absolute atomic E-state index is 4.24. The van der Waals surface area contributed by atoms with E-state index in [1.807, 2.05) is 6.92 Å². The molecule has 1 N–H and O–H groups in total. The molecule has 0 bridgehead atoms. The first kappa shape index (κ1) is 11.6. The quantitative estimate of drug-likeness (QED) is 0.776. The normalized spacial score (nSPS) is 12.6. The second-order valence-electron chi connectivity index (χ2n) is 3.62. The van der Waals surface area contributed by atoms with Crippen molar-refractivity contribution in [3.8, 4) is 0 Å². The maximum Gasteiger partial charge on any atom is 0.176 e. The van der Waals surface area contributed by atoms with Crippen LogP contribution in [0, 0.1) is 0 Å². The highest BCUT2D eigenvalue weighted by atomic mass is 15.6. The fourth-order valence-electron chi connectivity index (χ4n) is 1.58. The molecule has 0 saturated heterocycles. The van der Waals surface area contributed by atoms with E-state index in [0.29, 0.717) is 12.2 Å². The van der Waals surface area contributed by atoms with Crippen molar-refractivity contribution in [1.29, 1.82) is 0 Å². The van der Waals surface area contributed by atoms with E-state index in [2.05, 4.69) is 30.7 Å². The van der Waals surface area contributed by atoms with Crippen molar-refractivity contribution in [2.45, 2.75) is 19.4 Å². The van der Waals surface area contributed by atoms with E-state index in [4.69, 9.17) is 0 Å². The summed E-state index contributed by atoms with van der Waals surface area (Å²) in [5.74, 6) is 1.44. The number of nitrogens with one attached hydrogen (secondary N) is 1. The van der Waals surface area contributed by atoms with Gasteiger partial charge in [0.1, 0.15) is 5.82 Å². The Balaban J connectivity index is 2.13. The van der Waals surface area contributed by atoms with Crippen molar-refractivity contribution < 1.29 is 0 Å². The van der Waals surface area contributed by atoms with Gasteiger partial charge in [-0.1, -0.05) is 6.92 Å². The van der Waals surface area contributed by atoms with Gasteiger partial charge in [-0.25, -0.2) is 9.97 Å². The third-order valence-electron chi connectivity index (χ3n) is 2.28. The molecular weight excluding hydrogens is 218 g/mol. The first-order valence-electron chi connectivity index (χ1n) is 5.52. The zero-order valence-electron chi connectivity index (χ0n) is 9.91. The number of tetrazole rings is 1. The summed E-state index contributed by atoms with van der Waals surface area (Å²) in [4.78, 5) is 9.94. The van der Waals surface area contributed by atoms with Gasteiger partial charge in [-0.3, -0.25) is 0 Å². The van der Waals surface area contributed by atoms with E-state index in [9.17, 15) is 0 Å². The average Bonchev–Trinajstić information content (AvgIpc) is 2.75. The molecule has 0 aliphatic rings. The van der Waals surface area contributed by atoms with Crippen molar-refractivity contribution in [3.63, 3.8) is 0 Å². The Morgan fingerprint density at radius 2 is 2.12 bits per heavy atom. The Morgan fingerprint density at radius 3 is 2.71 bits per heavy atom. The number of likely N-dealkylation sites (N-methyl/N-ethyl adjacent to an activating group) is 1. The van der Waals surface area contributed by atoms with Gasteiger partial charge in [-0.2, -0.15) is 4.80 Å². The van der Waals surface area contributed by atoms with Crippen molar-refractivity contribution >= 4 is 0 Å². The summed E-state index contributed by atoms with van der Waals surface area (Å²) < 4.78 is 0. The average molecular weight is 233 g/mol. The van der Waals surface area contributed by atoms with E-state index in [1.54, 1.807) is 25.5 Å². The highest BCUT2D eigenvalue weighted by Gasteiger charge is 2.16. The third kappa shape index (κ3) is 3.04. The van der Waals surface area contributed by atoms with Gasteiger partial charge in [0.25, 0.3) is 0 Å². The van der Waals surface area contributed by atoms with E-state index in [1.165, 1.54) is 4.80 Å². The molecule has 0 aliphatic heterocycles. The minimum absolute atomic E-state index is 0.0189. The lowest BCUT2D eigenvalue weighted by Crippen LogP contribution is -2.25. The molecule has 1 atom stereocenters. The number of hydrogen-bond donors (Lipinski definition) is 1. The lowest BCUT2D eigenvalue weighted by Gasteiger charge is -2.13. The van der Waals surface area contributed by atoms with Crippen LogP contribution in [0.4, 0.5) is 0 Å². The molecule has 0 fully saturated rings. The van der Waals surface area contributed by atoms with Gasteiger partial charge in [0.15, 0.2) is 5.82 Å². The molecule has 2 aromatic heterocycles. The van der Waals surface area contributed by atoms with Crippen LogP contribution in [0.5, 0.6) is 0 Å².